The topological polar surface area (TPSA) is 72.9 Å². The van der Waals surface area contributed by atoms with Gasteiger partial charge in [0, 0.05) is 25.2 Å². The van der Waals surface area contributed by atoms with Gasteiger partial charge in [0.15, 0.2) is 0 Å². The number of carboxylic acids is 1. The molecule has 0 saturated carbocycles. The molecular weight excluding hydrogens is 270 g/mol. The van der Waals surface area contributed by atoms with E-state index < -0.39 is 5.97 Å². The zero-order valence-electron chi connectivity index (χ0n) is 12.6. The summed E-state index contributed by atoms with van der Waals surface area (Å²) in [6.45, 7) is 5.79. The maximum Gasteiger partial charge on any atom is 0.317 e. The molecule has 0 aromatic heterocycles. The van der Waals surface area contributed by atoms with Crippen molar-refractivity contribution in [3.63, 3.8) is 0 Å². The van der Waals surface area contributed by atoms with Gasteiger partial charge in [-0.05, 0) is 51.6 Å². The summed E-state index contributed by atoms with van der Waals surface area (Å²) in [5.41, 5.74) is 0. The van der Waals surface area contributed by atoms with Gasteiger partial charge in [0.05, 0.1) is 5.92 Å². The SMILES string of the molecule is CC1CC(C(=O)O)CCN1C(=O)NC1CN2CCC1CC2. The lowest BCUT2D eigenvalue weighted by Gasteiger charge is -2.46. The van der Waals surface area contributed by atoms with Crippen LogP contribution in [0.2, 0.25) is 0 Å². The predicted molar refractivity (Wildman–Crippen MR) is 78.0 cm³/mol. The quantitative estimate of drug-likeness (QED) is 0.796. The number of piperidine rings is 4. The highest BCUT2D eigenvalue weighted by Gasteiger charge is 2.37. The summed E-state index contributed by atoms with van der Waals surface area (Å²) in [5, 5.41) is 12.3. The number of carbonyl (C=O) groups excluding carboxylic acids is 1. The van der Waals surface area contributed by atoms with Gasteiger partial charge in [-0.3, -0.25) is 4.79 Å². The fraction of sp³-hybridized carbons (Fsp3) is 0.867. The van der Waals surface area contributed by atoms with Crippen molar-refractivity contribution >= 4 is 12.0 Å². The van der Waals surface area contributed by atoms with E-state index in [0.717, 1.165) is 19.6 Å². The van der Waals surface area contributed by atoms with E-state index in [4.69, 9.17) is 5.11 Å². The molecule has 118 valence electrons. The number of likely N-dealkylation sites (tertiary alicyclic amines) is 1. The zero-order chi connectivity index (χ0) is 15.0. The van der Waals surface area contributed by atoms with Crippen LogP contribution in [0.3, 0.4) is 0 Å². The third-order valence-electron chi connectivity index (χ3n) is 5.45. The standard InChI is InChI=1S/C15H25N3O3/c1-10-8-12(14(19)20)4-7-18(10)15(21)16-13-9-17-5-2-11(13)3-6-17/h10-13H,2-9H2,1H3,(H,16,21)(H,19,20). The minimum absolute atomic E-state index is 0.000865. The van der Waals surface area contributed by atoms with Crippen molar-refractivity contribution in [1.82, 2.24) is 15.1 Å². The second-order valence-electron chi connectivity index (χ2n) is 6.80. The number of hydrogen-bond donors (Lipinski definition) is 2. The third-order valence-corrected chi connectivity index (χ3v) is 5.45. The van der Waals surface area contributed by atoms with E-state index in [0.29, 0.717) is 25.3 Å². The van der Waals surface area contributed by atoms with Gasteiger partial charge in [-0.2, -0.15) is 0 Å². The molecule has 6 heteroatoms. The Bertz CT molecular complexity index is 420. The molecule has 3 unspecified atom stereocenters. The number of amides is 2. The first-order valence-electron chi connectivity index (χ1n) is 8.07. The first-order valence-corrected chi connectivity index (χ1v) is 8.07. The average Bonchev–Trinajstić information content (AvgIpc) is 2.48. The lowest BCUT2D eigenvalue weighted by atomic mass is 9.84. The van der Waals surface area contributed by atoms with Crippen LogP contribution >= 0.6 is 0 Å². The molecule has 0 aromatic carbocycles. The van der Waals surface area contributed by atoms with E-state index in [-0.39, 0.29) is 24.0 Å². The van der Waals surface area contributed by atoms with Crippen molar-refractivity contribution in [1.29, 1.82) is 0 Å². The fourth-order valence-corrected chi connectivity index (χ4v) is 4.07. The number of nitrogens with zero attached hydrogens (tertiary/aromatic N) is 2. The molecule has 6 nitrogen and oxygen atoms in total. The van der Waals surface area contributed by atoms with Crippen LogP contribution in [0.25, 0.3) is 0 Å². The van der Waals surface area contributed by atoms with Crippen LogP contribution in [0.1, 0.15) is 32.6 Å². The van der Waals surface area contributed by atoms with Crippen LogP contribution in [0.4, 0.5) is 4.79 Å². The van der Waals surface area contributed by atoms with Crippen molar-refractivity contribution in [3.05, 3.63) is 0 Å². The molecule has 4 rings (SSSR count). The third kappa shape index (κ3) is 3.00. The van der Waals surface area contributed by atoms with Gasteiger partial charge >= 0.3 is 12.0 Å². The molecule has 4 fully saturated rings. The van der Waals surface area contributed by atoms with Gasteiger partial charge in [-0.25, -0.2) is 4.79 Å². The summed E-state index contributed by atoms with van der Waals surface area (Å²) < 4.78 is 0. The molecule has 2 bridgehead atoms. The first-order chi connectivity index (χ1) is 10.0. The molecule has 2 N–H and O–H groups in total. The molecular formula is C15H25N3O3. The Morgan fingerprint density at radius 3 is 2.38 bits per heavy atom. The van der Waals surface area contributed by atoms with Crippen LogP contribution in [0.15, 0.2) is 0 Å². The highest BCUT2D eigenvalue weighted by Crippen LogP contribution is 2.28. The van der Waals surface area contributed by atoms with E-state index in [1.54, 1.807) is 0 Å². The lowest BCUT2D eigenvalue weighted by Crippen LogP contribution is -2.60. The van der Waals surface area contributed by atoms with Crippen LogP contribution in [0.5, 0.6) is 0 Å². The Kier molecular flexibility index (Phi) is 4.06. The van der Waals surface area contributed by atoms with Gasteiger partial charge in [0.2, 0.25) is 0 Å². The summed E-state index contributed by atoms with van der Waals surface area (Å²) >= 11 is 0. The molecule has 0 aliphatic carbocycles. The van der Waals surface area contributed by atoms with Crippen molar-refractivity contribution in [2.75, 3.05) is 26.2 Å². The van der Waals surface area contributed by atoms with E-state index >= 15 is 0 Å². The van der Waals surface area contributed by atoms with Gasteiger partial charge < -0.3 is 20.2 Å². The highest BCUT2D eigenvalue weighted by molar-refractivity contribution is 5.76. The normalized spacial score (nSPS) is 39.1. The number of rotatable bonds is 2. The molecule has 4 heterocycles. The molecule has 2 amide bonds. The number of carboxylic acid groups (broad SMARTS) is 1. The second kappa shape index (κ2) is 5.83. The largest absolute Gasteiger partial charge is 0.481 e. The maximum atomic E-state index is 12.5. The molecule has 4 saturated heterocycles. The summed E-state index contributed by atoms with van der Waals surface area (Å²) in [4.78, 5) is 27.8. The van der Waals surface area contributed by atoms with E-state index in [2.05, 4.69) is 10.2 Å². The Hall–Kier alpha value is -1.30. The number of fused-ring (bicyclic) bond motifs is 3. The summed E-state index contributed by atoms with van der Waals surface area (Å²) in [5.74, 6) is -0.425. The van der Waals surface area contributed by atoms with Crippen LogP contribution in [-0.4, -0.2) is 65.2 Å². The molecule has 0 radical (unpaired) electrons. The number of urea groups is 1. The predicted octanol–water partition coefficient (Wildman–Crippen LogP) is 0.975. The smallest absolute Gasteiger partial charge is 0.317 e. The Morgan fingerprint density at radius 2 is 1.86 bits per heavy atom. The number of nitrogens with one attached hydrogen (secondary N) is 1. The minimum Gasteiger partial charge on any atom is -0.481 e. The molecule has 4 aliphatic heterocycles. The van der Waals surface area contributed by atoms with Crippen LogP contribution in [-0.2, 0) is 4.79 Å². The molecule has 3 atom stereocenters. The Labute approximate surface area is 125 Å². The minimum atomic E-state index is -0.737. The van der Waals surface area contributed by atoms with E-state index in [1.165, 1.54) is 12.8 Å². The van der Waals surface area contributed by atoms with Gasteiger partial charge in [-0.1, -0.05) is 0 Å². The van der Waals surface area contributed by atoms with E-state index in [9.17, 15) is 9.59 Å². The van der Waals surface area contributed by atoms with Crippen molar-refractivity contribution in [2.45, 2.75) is 44.7 Å². The lowest BCUT2D eigenvalue weighted by molar-refractivity contribution is -0.143. The Balaban J connectivity index is 1.55. The summed E-state index contributed by atoms with van der Waals surface area (Å²) in [7, 11) is 0. The zero-order valence-corrected chi connectivity index (χ0v) is 12.6. The average molecular weight is 295 g/mol. The second-order valence-corrected chi connectivity index (χ2v) is 6.80. The number of carbonyl (C=O) groups is 2. The monoisotopic (exact) mass is 295 g/mol. The van der Waals surface area contributed by atoms with Crippen LogP contribution in [0, 0.1) is 11.8 Å². The number of hydrogen-bond acceptors (Lipinski definition) is 3. The van der Waals surface area contributed by atoms with Crippen molar-refractivity contribution < 1.29 is 14.7 Å². The van der Waals surface area contributed by atoms with Gasteiger partial charge in [-0.15, -0.1) is 0 Å². The highest BCUT2D eigenvalue weighted by atomic mass is 16.4. The summed E-state index contributed by atoms with van der Waals surface area (Å²) in [6.07, 6.45) is 3.49. The fourth-order valence-electron chi connectivity index (χ4n) is 4.07. The van der Waals surface area contributed by atoms with Gasteiger partial charge in [0.25, 0.3) is 0 Å². The molecule has 4 aliphatic rings. The van der Waals surface area contributed by atoms with Crippen LogP contribution < -0.4 is 5.32 Å². The maximum absolute atomic E-state index is 12.5. The Morgan fingerprint density at radius 1 is 1.14 bits per heavy atom. The number of aliphatic carboxylic acids is 1. The molecule has 21 heavy (non-hydrogen) atoms. The van der Waals surface area contributed by atoms with E-state index in [1.807, 2.05) is 11.8 Å². The summed E-state index contributed by atoms with van der Waals surface area (Å²) in [6, 6.07) is 0.260. The van der Waals surface area contributed by atoms with Crippen molar-refractivity contribution in [3.8, 4) is 0 Å². The van der Waals surface area contributed by atoms with Crippen molar-refractivity contribution in [2.24, 2.45) is 11.8 Å². The van der Waals surface area contributed by atoms with Gasteiger partial charge in [0.1, 0.15) is 0 Å². The first kappa shape index (κ1) is 14.6. The molecule has 0 spiro atoms. The molecule has 0 aromatic rings.